The van der Waals surface area contributed by atoms with Crippen molar-refractivity contribution in [1.29, 1.82) is 0 Å². The molecule has 20 heavy (non-hydrogen) atoms. The second-order valence-corrected chi connectivity index (χ2v) is 5.65. The minimum absolute atomic E-state index is 0.320. The van der Waals surface area contributed by atoms with Gasteiger partial charge in [0.2, 0.25) is 5.91 Å². The Balaban J connectivity index is 4.57. The zero-order valence-electron chi connectivity index (χ0n) is 12.7. The highest BCUT2D eigenvalue weighted by atomic mass is 32.1. The van der Waals surface area contributed by atoms with E-state index in [1.54, 1.807) is 13.8 Å². The summed E-state index contributed by atoms with van der Waals surface area (Å²) >= 11 is 4.87. The molecule has 3 amide bonds. The number of carbonyl (C=O) groups is 2. The van der Waals surface area contributed by atoms with Crippen molar-refractivity contribution in [3.63, 3.8) is 0 Å². The molecule has 0 aliphatic heterocycles. The van der Waals surface area contributed by atoms with Crippen molar-refractivity contribution in [3.05, 3.63) is 0 Å². The third kappa shape index (κ3) is 8.06. The van der Waals surface area contributed by atoms with E-state index >= 15 is 0 Å². The molecule has 0 rings (SSSR count). The predicted octanol–water partition coefficient (Wildman–Crippen LogP) is 0.855. The van der Waals surface area contributed by atoms with Crippen molar-refractivity contribution in [2.24, 2.45) is 11.7 Å². The van der Waals surface area contributed by atoms with Crippen LogP contribution in [-0.4, -0.2) is 47.5 Å². The van der Waals surface area contributed by atoms with Crippen LogP contribution in [0.25, 0.3) is 0 Å². The Morgan fingerprint density at radius 3 is 2.35 bits per heavy atom. The molecule has 0 saturated heterocycles. The molecule has 0 aliphatic carbocycles. The van der Waals surface area contributed by atoms with Crippen LogP contribution < -0.4 is 16.4 Å². The highest BCUT2D eigenvalue weighted by molar-refractivity contribution is 7.80. The Morgan fingerprint density at radius 1 is 1.30 bits per heavy atom. The minimum atomic E-state index is -0.469. The van der Waals surface area contributed by atoms with Crippen LogP contribution in [0, 0.1) is 5.92 Å². The summed E-state index contributed by atoms with van der Waals surface area (Å²) in [6, 6.07) is -0.877. The number of nitrogens with zero attached hydrogens (tertiary/aromatic N) is 1. The van der Waals surface area contributed by atoms with Crippen molar-refractivity contribution in [2.75, 3.05) is 19.6 Å². The zero-order chi connectivity index (χ0) is 15.7. The van der Waals surface area contributed by atoms with E-state index in [0.717, 1.165) is 6.54 Å². The minimum Gasteiger partial charge on any atom is -0.393 e. The lowest BCUT2D eigenvalue weighted by molar-refractivity contribution is -0.124. The average molecular weight is 302 g/mol. The van der Waals surface area contributed by atoms with Crippen molar-refractivity contribution in [1.82, 2.24) is 15.5 Å². The van der Waals surface area contributed by atoms with E-state index < -0.39 is 12.1 Å². The number of hydrogen-bond acceptors (Lipinski definition) is 4. The van der Waals surface area contributed by atoms with Gasteiger partial charge in [-0.2, -0.15) is 0 Å². The highest BCUT2D eigenvalue weighted by Gasteiger charge is 2.23. The first-order valence-corrected chi connectivity index (χ1v) is 7.29. The second-order valence-electron chi connectivity index (χ2n) is 5.13. The molecule has 1 atom stereocenters. The molecule has 0 aromatic heterocycles. The number of imide groups is 1. The first-order valence-electron chi connectivity index (χ1n) is 6.88. The summed E-state index contributed by atoms with van der Waals surface area (Å²) in [5.41, 5.74) is 5.51. The summed E-state index contributed by atoms with van der Waals surface area (Å²) < 4.78 is 0. The van der Waals surface area contributed by atoms with Crippen LogP contribution in [-0.2, 0) is 4.79 Å². The van der Waals surface area contributed by atoms with E-state index in [4.69, 9.17) is 18.0 Å². The lowest BCUT2D eigenvalue weighted by Crippen LogP contribution is -2.50. The Kier molecular flexibility index (Phi) is 9.07. The van der Waals surface area contributed by atoms with Crippen LogP contribution in [0.4, 0.5) is 4.79 Å². The fraction of sp³-hybridized carbons (Fsp3) is 0.769. The van der Waals surface area contributed by atoms with Gasteiger partial charge in [-0.15, -0.1) is 0 Å². The van der Waals surface area contributed by atoms with Gasteiger partial charge in [0.1, 0.15) is 0 Å². The predicted molar refractivity (Wildman–Crippen MR) is 84.5 cm³/mol. The van der Waals surface area contributed by atoms with E-state index in [9.17, 15) is 9.59 Å². The molecule has 1 unspecified atom stereocenters. The number of thiocarbonyl (C=S) groups is 1. The number of amides is 3. The molecule has 7 heteroatoms. The third-order valence-corrected chi connectivity index (χ3v) is 2.95. The fourth-order valence-electron chi connectivity index (χ4n) is 1.75. The van der Waals surface area contributed by atoms with Gasteiger partial charge in [-0.3, -0.25) is 15.0 Å². The quantitative estimate of drug-likeness (QED) is 0.579. The van der Waals surface area contributed by atoms with Gasteiger partial charge in [0, 0.05) is 26.1 Å². The molecule has 0 bridgehead atoms. The molecule has 0 radical (unpaired) electrons. The summed E-state index contributed by atoms with van der Waals surface area (Å²) in [4.78, 5) is 25.8. The van der Waals surface area contributed by atoms with Crippen LogP contribution >= 0.6 is 12.2 Å². The molecule has 6 nitrogen and oxygen atoms in total. The number of hydrogen-bond donors (Lipinski definition) is 3. The topological polar surface area (TPSA) is 87.5 Å². The number of carbonyl (C=O) groups excluding carboxylic acids is 2. The van der Waals surface area contributed by atoms with Gasteiger partial charge in [-0.25, -0.2) is 4.79 Å². The summed E-state index contributed by atoms with van der Waals surface area (Å²) in [6.07, 6.45) is 0.556. The van der Waals surface area contributed by atoms with Crippen LogP contribution in [0.2, 0.25) is 0 Å². The summed E-state index contributed by atoms with van der Waals surface area (Å²) in [5.74, 6) is 0.0839. The lowest BCUT2D eigenvalue weighted by Gasteiger charge is -2.29. The normalized spacial score (nSPS) is 12.3. The van der Waals surface area contributed by atoms with Gasteiger partial charge in [0.15, 0.2) is 0 Å². The Bertz CT molecular complexity index is 347. The van der Waals surface area contributed by atoms with Crippen molar-refractivity contribution < 1.29 is 9.59 Å². The summed E-state index contributed by atoms with van der Waals surface area (Å²) in [5, 5.41) is 4.86. The Hall–Kier alpha value is -1.21. The van der Waals surface area contributed by atoms with Crippen LogP contribution in [0.1, 0.15) is 34.1 Å². The molecule has 116 valence electrons. The third-order valence-electron chi connectivity index (χ3n) is 2.75. The monoisotopic (exact) mass is 302 g/mol. The number of nitrogens with one attached hydrogen (secondary N) is 2. The number of nitrogens with two attached hydrogens (primary N) is 1. The van der Waals surface area contributed by atoms with E-state index in [1.165, 1.54) is 0 Å². The summed E-state index contributed by atoms with van der Waals surface area (Å²) in [6.45, 7) is 9.54. The average Bonchev–Trinajstić information content (AvgIpc) is 2.33. The van der Waals surface area contributed by atoms with Gasteiger partial charge in [-0.05, 0) is 19.8 Å². The molecule has 0 heterocycles. The van der Waals surface area contributed by atoms with Crippen LogP contribution in [0.15, 0.2) is 0 Å². The highest BCUT2D eigenvalue weighted by Crippen LogP contribution is 2.06. The smallest absolute Gasteiger partial charge is 0.321 e. The first kappa shape index (κ1) is 18.8. The van der Waals surface area contributed by atoms with E-state index in [1.807, 2.05) is 4.90 Å². The number of rotatable bonds is 8. The van der Waals surface area contributed by atoms with Crippen molar-refractivity contribution >= 4 is 29.1 Å². The SMILES string of the molecule is CCNC(=O)NC(=O)C(C)N(CCC(N)=S)CC(C)C. The zero-order valence-corrected chi connectivity index (χ0v) is 13.5. The van der Waals surface area contributed by atoms with Crippen molar-refractivity contribution in [3.8, 4) is 0 Å². The van der Waals surface area contributed by atoms with Crippen LogP contribution in [0.5, 0.6) is 0 Å². The van der Waals surface area contributed by atoms with Gasteiger partial charge in [0.05, 0.1) is 11.0 Å². The molecule has 0 fully saturated rings. The molecular formula is C13H26N4O2S. The standard InChI is InChI=1S/C13H26N4O2S/c1-5-15-13(19)16-12(18)10(4)17(8-9(2)3)7-6-11(14)20/h9-10H,5-8H2,1-4H3,(H2,14,20)(H2,15,16,18,19). The molecule has 0 aromatic rings. The van der Waals surface area contributed by atoms with Gasteiger partial charge < -0.3 is 11.1 Å². The van der Waals surface area contributed by atoms with E-state index in [0.29, 0.717) is 30.4 Å². The second kappa shape index (κ2) is 9.66. The number of urea groups is 1. The molecule has 0 saturated carbocycles. The van der Waals surface area contributed by atoms with Crippen molar-refractivity contribution in [2.45, 2.75) is 40.2 Å². The maximum absolute atomic E-state index is 12.0. The fourth-order valence-corrected chi connectivity index (χ4v) is 1.84. The molecule has 0 aromatic carbocycles. The maximum Gasteiger partial charge on any atom is 0.321 e. The summed E-state index contributed by atoms with van der Waals surface area (Å²) in [7, 11) is 0. The lowest BCUT2D eigenvalue weighted by atomic mass is 10.1. The molecule has 0 spiro atoms. The van der Waals surface area contributed by atoms with Gasteiger partial charge in [-0.1, -0.05) is 26.1 Å². The molecule has 0 aliphatic rings. The Labute approximate surface area is 126 Å². The van der Waals surface area contributed by atoms with Gasteiger partial charge >= 0.3 is 6.03 Å². The van der Waals surface area contributed by atoms with E-state index in [-0.39, 0.29) is 5.91 Å². The Morgan fingerprint density at radius 2 is 1.90 bits per heavy atom. The van der Waals surface area contributed by atoms with E-state index in [2.05, 4.69) is 24.5 Å². The van der Waals surface area contributed by atoms with Gasteiger partial charge in [0.25, 0.3) is 0 Å². The van der Waals surface area contributed by atoms with Crippen LogP contribution in [0.3, 0.4) is 0 Å². The largest absolute Gasteiger partial charge is 0.393 e. The molecular weight excluding hydrogens is 276 g/mol. The maximum atomic E-state index is 12.0. The first-order chi connectivity index (χ1) is 9.27. The molecule has 4 N–H and O–H groups in total.